The van der Waals surface area contributed by atoms with Crippen LogP contribution in [0, 0.1) is 0 Å². The summed E-state index contributed by atoms with van der Waals surface area (Å²) in [5, 5.41) is 3.37. The number of para-hydroxylation sites is 2. The quantitative estimate of drug-likeness (QED) is 0.389. The SMILES string of the molecule is COc1ccccc1C1(CN=C(N)NC2CCOc3ccccc32)CC1.I. The molecule has 144 valence electrons. The summed E-state index contributed by atoms with van der Waals surface area (Å²) in [6.45, 7) is 1.37. The molecule has 1 aliphatic carbocycles. The van der Waals surface area contributed by atoms with Crippen molar-refractivity contribution in [3.63, 3.8) is 0 Å². The minimum atomic E-state index is 0. The summed E-state index contributed by atoms with van der Waals surface area (Å²) >= 11 is 0. The summed E-state index contributed by atoms with van der Waals surface area (Å²) in [6.07, 6.45) is 3.11. The van der Waals surface area contributed by atoms with Gasteiger partial charge in [-0.2, -0.15) is 0 Å². The number of fused-ring (bicyclic) bond motifs is 1. The van der Waals surface area contributed by atoms with E-state index in [1.807, 2.05) is 30.3 Å². The molecule has 1 heterocycles. The number of hydrogen-bond acceptors (Lipinski definition) is 3. The van der Waals surface area contributed by atoms with Gasteiger partial charge in [-0.15, -0.1) is 24.0 Å². The molecule has 4 rings (SSSR count). The van der Waals surface area contributed by atoms with Crippen LogP contribution in [-0.2, 0) is 5.41 Å². The van der Waals surface area contributed by atoms with E-state index in [-0.39, 0.29) is 35.4 Å². The Balaban J connectivity index is 0.00000210. The Morgan fingerprint density at radius 1 is 1.22 bits per heavy atom. The molecule has 0 spiro atoms. The highest BCUT2D eigenvalue weighted by atomic mass is 127. The molecule has 0 amide bonds. The molecule has 6 heteroatoms. The van der Waals surface area contributed by atoms with Crippen LogP contribution in [0.4, 0.5) is 0 Å². The Labute approximate surface area is 177 Å². The Morgan fingerprint density at radius 2 is 1.96 bits per heavy atom. The third-order valence-electron chi connectivity index (χ3n) is 5.36. The molecule has 0 radical (unpaired) electrons. The predicted octanol–water partition coefficient (Wildman–Crippen LogP) is 3.77. The standard InChI is InChI=1S/C21H25N3O2.HI/c1-25-19-9-5-3-7-16(19)21(11-12-21)14-23-20(22)24-17-10-13-26-18-8-4-2-6-15(17)18;/h2-9,17H,10-14H2,1H3,(H3,22,23,24);1H. The van der Waals surface area contributed by atoms with E-state index < -0.39 is 0 Å². The summed E-state index contributed by atoms with van der Waals surface area (Å²) in [4.78, 5) is 4.66. The number of nitrogens with two attached hydrogens (primary N) is 1. The van der Waals surface area contributed by atoms with Gasteiger partial charge in [0.25, 0.3) is 0 Å². The molecule has 1 saturated carbocycles. The van der Waals surface area contributed by atoms with Crippen molar-refractivity contribution in [2.45, 2.75) is 30.7 Å². The number of rotatable bonds is 5. The fourth-order valence-electron chi connectivity index (χ4n) is 3.70. The van der Waals surface area contributed by atoms with Gasteiger partial charge in [0.15, 0.2) is 5.96 Å². The van der Waals surface area contributed by atoms with E-state index in [0.29, 0.717) is 19.1 Å². The molecular weight excluding hydrogens is 453 g/mol. The van der Waals surface area contributed by atoms with E-state index in [1.54, 1.807) is 7.11 Å². The van der Waals surface area contributed by atoms with E-state index in [2.05, 4.69) is 28.5 Å². The summed E-state index contributed by atoms with van der Waals surface area (Å²) in [6, 6.07) is 16.4. The third kappa shape index (κ3) is 4.15. The van der Waals surface area contributed by atoms with Gasteiger partial charge >= 0.3 is 0 Å². The lowest BCUT2D eigenvalue weighted by Gasteiger charge is -2.27. The van der Waals surface area contributed by atoms with Crippen molar-refractivity contribution in [2.75, 3.05) is 20.3 Å². The lowest BCUT2D eigenvalue weighted by molar-refractivity contribution is 0.262. The van der Waals surface area contributed by atoms with Crippen LogP contribution in [0.15, 0.2) is 53.5 Å². The predicted molar refractivity (Wildman–Crippen MR) is 118 cm³/mol. The van der Waals surface area contributed by atoms with Gasteiger partial charge in [0.2, 0.25) is 0 Å². The first-order valence-corrected chi connectivity index (χ1v) is 9.13. The summed E-state index contributed by atoms with van der Waals surface area (Å²) in [5.41, 5.74) is 8.65. The maximum absolute atomic E-state index is 6.21. The second-order valence-corrected chi connectivity index (χ2v) is 7.05. The van der Waals surface area contributed by atoms with Crippen LogP contribution >= 0.6 is 24.0 Å². The van der Waals surface area contributed by atoms with Gasteiger partial charge in [-0.1, -0.05) is 36.4 Å². The fourth-order valence-corrected chi connectivity index (χ4v) is 3.70. The monoisotopic (exact) mass is 479 g/mol. The van der Waals surface area contributed by atoms with Crippen LogP contribution < -0.4 is 20.5 Å². The van der Waals surface area contributed by atoms with Crippen molar-refractivity contribution in [1.29, 1.82) is 0 Å². The maximum Gasteiger partial charge on any atom is 0.189 e. The number of halogens is 1. The fraction of sp³-hybridized carbons (Fsp3) is 0.381. The smallest absolute Gasteiger partial charge is 0.189 e. The molecular formula is C21H26IN3O2. The molecule has 3 N–H and O–H groups in total. The Bertz CT molecular complexity index is 821. The highest BCUT2D eigenvalue weighted by Gasteiger charge is 2.46. The van der Waals surface area contributed by atoms with Crippen LogP contribution in [0.5, 0.6) is 11.5 Å². The number of guanidine groups is 1. The molecule has 2 aliphatic rings. The Hall–Kier alpha value is -1.96. The first kappa shape index (κ1) is 19.8. The molecule has 2 aromatic rings. The topological polar surface area (TPSA) is 68.9 Å². The summed E-state index contributed by atoms with van der Waals surface area (Å²) in [7, 11) is 1.72. The number of hydrogen-bond donors (Lipinski definition) is 2. The lowest BCUT2D eigenvalue weighted by atomic mass is 9.95. The van der Waals surface area contributed by atoms with Crippen molar-refractivity contribution < 1.29 is 9.47 Å². The first-order chi connectivity index (χ1) is 12.7. The largest absolute Gasteiger partial charge is 0.496 e. The molecule has 0 saturated heterocycles. The van der Waals surface area contributed by atoms with E-state index >= 15 is 0 Å². The van der Waals surface area contributed by atoms with Gasteiger partial charge < -0.3 is 20.5 Å². The Morgan fingerprint density at radius 3 is 2.74 bits per heavy atom. The van der Waals surface area contributed by atoms with Gasteiger partial charge in [0.1, 0.15) is 11.5 Å². The number of benzene rings is 2. The van der Waals surface area contributed by atoms with Gasteiger partial charge in [0, 0.05) is 23.0 Å². The second-order valence-electron chi connectivity index (χ2n) is 7.05. The van der Waals surface area contributed by atoms with Gasteiger partial charge in [-0.25, -0.2) is 0 Å². The zero-order valence-corrected chi connectivity index (χ0v) is 17.8. The normalized spacial score (nSPS) is 19.9. The molecule has 27 heavy (non-hydrogen) atoms. The summed E-state index contributed by atoms with van der Waals surface area (Å²) in [5.74, 6) is 2.36. The van der Waals surface area contributed by atoms with Gasteiger partial charge in [-0.05, 0) is 25.0 Å². The molecule has 0 bridgehead atoms. The molecule has 1 atom stereocenters. The number of methoxy groups -OCH3 is 1. The molecule has 1 fully saturated rings. The highest BCUT2D eigenvalue weighted by molar-refractivity contribution is 14.0. The van der Waals surface area contributed by atoms with E-state index in [0.717, 1.165) is 36.3 Å². The zero-order chi connectivity index (χ0) is 18.0. The number of nitrogens with one attached hydrogen (secondary N) is 1. The lowest BCUT2D eigenvalue weighted by Crippen LogP contribution is -2.38. The van der Waals surface area contributed by atoms with Gasteiger partial charge in [-0.3, -0.25) is 4.99 Å². The summed E-state index contributed by atoms with van der Waals surface area (Å²) < 4.78 is 11.2. The van der Waals surface area contributed by atoms with Crippen LogP contribution in [0.1, 0.15) is 36.4 Å². The van der Waals surface area contributed by atoms with E-state index in [1.165, 1.54) is 5.56 Å². The van der Waals surface area contributed by atoms with Crippen molar-refractivity contribution >= 4 is 29.9 Å². The maximum atomic E-state index is 6.21. The van der Waals surface area contributed by atoms with Crippen molar-refractivity contribution in [3.05, 3.63) is 59.7 Å². The number of aliphatic imine (C=N–C) groups is 1. The van der Waals surface area contributed by atoms with Crippen LogP contribution in [0.3, 0.4) is 0 Å². The van der Waals surface area contributed by atoms with Crippen LogP contribution in [0.25, 0.3) is 0 Å². The zero-order valence-electron chi connectivity index (χ0n) is 15.5. The molecule has 5 nitrogen and oxygen atoms in total. The molecule has 1 aliphatic heterocycles. The molecule has 0 aromatic heterocycles. The second kappa shape index (κ2) is 8.37. The van der Waals surface area contributed by atoms with Crippen molar-refractivity contribution in [3.8, 4) is 11.5 Å². The van der Waals surface area contributed by atoms with E-state index in [9.17, 15) is 0 Å². The van der Waals surface area contributed by atoms with E-state index in [4.69, 9.17) is 15.2 Å². The molecule has 1 unspecified atom stereocenters. The van der Waals surface area contributed by atoms with Crippen LogP contribution in [0.2, 0.25) is 0 Å². The van der Waals surface area contributed by atoms with Crippen molar-refractivity contribution in [1.82, 2.24) is 5.32 Å². The van der Waals surface area contributed by atoms with Crippen molar-refractivity contribution in [2.24, 2.45) is 10.7 Å². The van der Waals surface area contributed by atoms with Gasteiger partial charge in [0.05, 0.1) is 26.3 Å². The Kier molecular flexibility index (Phi) is 6.14. The number of nitrogens with zero attached hydrogens (tertiary/aromatic N) is 1. The minimum absolute atomic E-state index is 0. The number of ether oxygens (including phenoxy) is 2. The average Bonchev–Trinajstić information content (AvgIpc) is 3.48. The average molecular weight is 479 g/mol. The van der Waals surface area contributed by atoms with Crippen LogP contribution in [-0.4, -0.2) is 26.2 Å². The third-order valence-corrected chi connectivity index (χ3v) is 5.36. The first-order valence-electron chi connectivity index (χ1n) is 9.13. The highest BCUT2D eigenvalue weighted by Crippen LogP contribution is 2.51. The molecule has 2 aromatic carbocycles. The minimum Gasteiger partial charge on any atom is -0.496 e.